The molecule has 2 aliphatic rings. The Morgan fingerprint density at radius 3 is 2.86 bits per heavy atom. The zero-order chi connectivity index (χ0) is 15.7. The third-order valence-electron chi connectivity index (χ3n) is 4.46. The molecule has 3 heterocycles. The summed E-state index contributed by atoms with van der Waals surface area (Å²) in [5.41, 5.74) is 1.11. The highest BCUT2D eigenvalue weighted by atomic mass is 32.2. The molecule has 0 unspecified atom stereocenters. The minimum atomic E-state index is -3.25. The Balaban J connectivity index is 1.92. The van der Waals surface area contributed by atoms with E-state index in [0.717, 1.165) is 25.8 Å². The maximum Gasteiger partial charge on any atom is 0.254 e. The van der Waals surface area contributed by atoms with Gasteiger partial charge in [0, 0.05) is 12.1 Å². The van der Waals surface area contributed by atoms with E-state index in [1.807, 2.05) is 0 Å². The van der Waals surface area contributed by atoms with Gasteiger partial charge in [0.1, 0.15) is 5.82 Å². The molecule has 1 saturated heterocycles. The smallest absolute Gasteiger partial charge is 0.254 e. The van der Waals surface area contributed by atoms with E-state index in [2.05, 4.69) is 15.3 Å². The van der Waals surface area contributed by atoms with Crippen LogP contribution in [0.4, 0.5) is 0 Å². The molecule has 22 heavy (non-hydrogen) atoms. The normalized spacial score (nSPS) is 23.2. The van der Waals surface area contributed by atoms with E-state index in [-0.39, 0.29) is 23.9 Å². The number of nitrogens with zero attached hydrogens (tertiary/aromatic N) is 2. The van der Waals surface area contributed by atoms with Crippen molar-refractivity contribution in [3.8, 4) is 0 Å². The van der Waals surface area contributed by atoms with Gasteiger partial charge >= 0.3 is 0 Å². The van der Waals surface area contributed by atoms with Gasteiger partial charge in [-0.25, -0.2) is 13.4 Å². The molecule has 2 N–H and O–H groups in total. The molecule has 0 aromatic carbocycles. The molecule has 1 fully saturated rings. The molecule has 0 bridgehead atoms. The summed E-state index contributed by atoms with van der Waals surface area (Å²) in [5.74, 6) is 0.710. The van der Waals surface area contributed by atoms with Crippen molar-refractivity contribution in [3.05, 3.63) is 27.4 Å². The third-order valence-corrected chi connectivity index (χ3v) is 6.28. The predicted molar refractivity (Wildman–Crippen MR) is 83.0 cm³/mol. The van der Waals surface area contributed by atoms with Crippen molar-refractivity contribution in [1.82, 2.24) is 19.6 Å². The lowest BCUT2D eigenvalue weighted by molar-refractivity contribution is 0.371. The summed E-state index contributed by atoms with van der Waals surface area (Å²) in [6.07, 6.45) is 3.61. The van der Waals surface area contributed by atoms with Crippen LogP contribution in [0.5, 0.6) is 0 Å². The van der Waals surface area contributed by atoms with Gasteiger partial charge in [-0.2, -0.15) is 4.31 Å². The van der Waals surface area contributed by atoms with Crippen molar-refractivity contribution in [3.63, 3.8) is 0 Å². The van der Waals surface area contributed by atoms with Crippen molar-refractivity contribution in [2.24, 2.45) is 0 Å². The quantitative estimate of drug-likeness (QED) is 0.832. The number of rotatable bonds is 3. The van der Waals surface area contributed by atoms with E-state index in [1.54, 1.807) is 6.92 Å². The molecule has 0 spiro atoms. The molecule has 1 aromatic rings. The first kappa shape index (κ1) is 15.6. The Bertz CT molecular complexity index is 707. The summed E-state index contributed by atoms with van der Waals surface area (Å²) in [6.45, 7) is 3.11. The minimum Gasteiger partial charge on any atom is -0.309 e. The summed E-state index contributed by atoms with van der Waals surface area (Å²) in [6, 6.07) is 0.0601. The first-order valence-corrected chi connectivity index (χ1v) is 9.45. The standard InChI is InChI=1S/C14H22N4O3S/c1-2-22(20,21)18-8-6-10-12(9-18)16-13(17-14(10)19)11-5-3-4-7-15-11/h11,15H,2-9H2,1H3,(H,16,17,19)/t11-/m1/s1. The first-order valence-electron chi connectivity index (χ1n) is 7.84. The van der Waals surface area contributed by atoms with Crippen LogP contribution in [-0.4, -0.2) is 41.5 Å². The van der Waals surface area contributed by atoms with E-state index in [9.17, 15) is 13.2 Å². The van der Waals surface area contributed by atoms with E-state index in [1.165, 1.54) is 4.31 Å². The van der Waals surface area contributed by atoms with Gasteiger partial charge in [0.2, 0.25) is 10.0 Å². The molecule has 7 nitrogen and oxygen atoms in total. The summed E-state index contributed by atoms with van der Waals surface area (Å²) in [5, 5.41) is 3.36. The van der Waals surface area contributed by atoms with Gasteiger partial charge in [-0.15, -0.1) is 0 Å². The number of aromatic amines is 1. The van der Waals surface area contributed by atoms with Gasteiger partial charge in [0.15, 0.2) is 0 Å². The molecule has 122 valence electrons. The molecule has 0 aliphatic carbocycles. The van der Waals surface area contributed by atoms with Crippen LogP contribution in [0, 0.1) is 0 Å². The van der Waals surface area contributed by atoms with Crippen LogP contribution in [0.2, 0.25) is 0 Å². The number of nitrogens with one attached hydrogen (secondary N) is 2. The number of H-pyrrole nitrogens is 1. The highest BCUT2D eigenvalue weighted by Gasteiger charge is 2.29. The Kier molecular flexibility index (Phi) is 4.33. The van der Waals surface area contributed by atoms with Crippen molar-refractivity contribution in [1.29, 1.82) is 0 Å². The van der Waals surface area contributed by atoms with Gasteiger partial charge in [-0.3, -0.25) is 4.79 Å². The fourth-order valence-electron chi connectivity index (χ4n) is 3.11. The fraction of sp³-hybridized carbons (Fsp3) is 0.714. The number of piperidine rings is 1. The molecule has 2 aliphatic heterocycles. The molecule has 8 heteroatoms. The van der Waals surface area contributed by atoms with Crippen LogP contribution in [0.25, 0.3) is 0 Å². The zero-order valence-electron chi connectivity index (χ0n) is 12.8. The van der Waals surface area contributed by atoms with E-state index in [0.29, 0.717) is 30.0 Å². The summed E-state index contributed by atoms with van der Waals surface area (Å²) in [4.78, 5) is 19.7. The van der Waals surface area contributed by atoms with Crippen LogP contribution >= 0.6 is 0 Å². The number of aromatic nitrogens is 2. The Hall–Kier alpha value is -1.25. The number of sulfonamides is 1. The van der Waals surface area contributed by atoms with E-state index >= 15 is 0 Å². The fourth-order valence-corrected chi connectivity index (χ4v) is 4.16. The van der Waals surface area contributed by atoms with Gasteiger partial charge < -0.3 is 10.3 Å². The Labute approximate surface area is 130 Å². The monoisotopic (exact) mass is 326 g/mol. The second-order valence-corrected chi connectivity index (χ2v) is 8.12. The Morgan fingerprint density at radius 1 is 1.36 bits per heavy atom. The van der Waals surface area contributed by atoms with E-state index in [4.69, 9.17) is 0 Å². The lowest BCUT2D eigenvalue weighted by atomic mass is 10.0. The second kappa shape index (κ2) is 6.10. The summed E-state index contributed by atoms with van der Waals surface area (Å²) >= 11 is 0. The largest absolute Gasteiger partial charge is 0.309 e. The molecule has 1 aromatic heterocycles. The summed E-state index contributed by atoms with van der Waals surface area (Å²) < 4.78 is 25.5. The predicted octanol–water partition coefficient (Wildman–Crippen LogP) is 0.292. The van der Waals surface area contributed by atoms with Crippen LogP contribution in [0.15, 0.2) is 4.79 Å². The van der Waals surface area contributed by atoms with Crippen molar-refractivity contribution in [2.75, 3.05) is 18.8 Å². The zero-order valence-corrected chi connectivity index (χ0v) is 13.6. The van der Waals surface area contributed by atoms with Crippen molar-refractivity contribution < 1.29 is 8.42 Å². The lowest BCUT2D eigenvalue weighted by Crippen LogP contribution is -2.40. The first-order chi connectivity index (χ1) is 10.5. The van der Waals surface area contributed by atoms with E-state index < -0.39 is 10.0 Å². The highest BCUT2D eigenvalue weighted by Crippen LogP contribution is 2.22. The molecule has 3 rings (SSSR count). The average molecular weight is 326 g/mol. The second-order valence-electron chi connectivity index (χ2n) is 5.86. The Morgan fingerprint density at radius 2 is 2.18 bits per heavy atom. The maximum atomic E-state index is 12.3. The molecular formula is C14H22N4O3S. The topological polar surface area (TPSA) is 95.2 Å². The highest BCUT2D eigenvalue weighted by molar-refractivity contribution is 7.89. The molecule has 0 saturated carbocycles. The van der Waals surface area contributed by atoms with Gasteiger partial charge in [0.25, 0.3) is 5.56 Å². The maximum absolute atomic E-state index is 12.3. The van der Waals surface area contributed by atoms with Gasteiger partial charge in [-0.05, 0) is 32.7 Å². The van der Waals surface area contributed by atoms with Crippen molar-refractivity contribution in [2.45, 2.75) is 45.2 Å². The molecule has 0 radical (unpaired) electrons. The lowest BCUT2D eigenvalue weighted by Gasteiger charge is -2.28. The third kappa shape index (κ3) is 2.95. The molecular weight excluding hydrogens is 304 g/mol. The average Bonchev–Trinajstić information content (AvgIpc) is 2.55. The van der Waals surface area contributed by atoms with Crippen LogP contribution in [-0.2, 0) is 23.0 Å². The molecule has 0 amide bonds. The van der Waals surface area contributed by atoms with Crippen molar-refractivity contribution >= 4 is 10.0 Å². The van der Waals surface area contributed by atoms with Crippen LogP contribution < -0.4 is 10.9 Å². The summed E-state index contributed by atoms with van der Waals surface area (Å²) in [7, 11) is -3.25. The SMILES string of the molecule is CCS(=O)(=O)N1CCc2c(nc([C@H]3CCCCN3)[nH]c2=O)C1. The number of hydrogen-bond donors (Lipinski definition) is 2. The van der Waals surface area contributed by atoms with Crippen LogP contribution in [0.3, 0.4) is 0 Å². The number of fused-ring (bicyclic) bond motifs is 1. The number of hydrogen-bond acceptors (Lipinski definition) is 5. The molecule has 1 atom stereocenters. The van der Waals surface area contributed by atoms with Gasteiger partial charge in [0.05, 0.1) is 24.0 Å². The van der Waals surface area contributed by atoms with Crippen LogP contribution in [0.1, 0.15) is 49.3 Å². The minimum absolute atomic E-state index is 0.0601. The van der Waals surface area contributed by atoms with Gasteiger partial charge in [-0.1, -0.05) is 6.42 Å².